The second-order valence-corrected chi connectivity index (χ2v) is 7.78. The van der Waals surface area contributed by atoms with E-state index in [1.807, 2.05) is 12.1 Å². The van der Waals surface area contributed by atoms with E-state index in [1.54, 1.807) is 12.3 Å². The third kappa shape index (κ3) is 3.90. The molecule has 0 unspecified atom stereocenters. The fourth-order valence-corrected chi connectivity index (χ4v) is 4.25. The largest absolute Gasteiger partial charge is 0.381 e. The van der Waals surface area contributed by atoms with Crippen LogP contribution >= 0.6 is 35.0 Å². The summed E-state index contributed by atoms with van der Waals surface area (Å²) in [7, 11) is 0. The number of nitrogens with two attached hydrogens (primary N) is 1. The lowest BCUT2D eigenvalue weighted by Gasteiger charge is -2.18. The van der Waals surface area contributed by atoms with E-state index in [0.717, 1.165) is 29.7 Å². The van der Waals surface area contributed by atoms with E-state index in [-0.39, 0.29) is 0 Å². The molecule has 0 spiro atoms. The quantitative estimate of drug-likeness (QED) is 0.775. The van der Waals surface area contributed by atoms with Gasteiger partial charge in [-0.2, -0.15) is 0 Å². The summed E-state index contributed by atoms with van der Waals surface area (Å²) in [5.74, 6) is 2.03. The molecule has 0 bridgehead atoms. The van der Waals surface area contributed by atoms with E-state index in [2.05, 4.69) is 21.8 Å². The molecule has 7 heteroatoms. The Morgan fingerprint density at radius 2 is 2.21 bits per heavy atom. The summed E-state index contributed by atoms with van der Waals surface area (Å²) in [5, 5.41) is 1.67. The number of nitrogens with zero attached hydrogens (tertiary/aromatic N) is 3. The lowest BCUT2D eigenvalue weighted by Crippen LogP contribution is -2.21. The highest BCUT2D eigenvalue weighted by molar-refractivity contribution is 7.99. The SMILES string of the molecule is CCC[C@H]1CCN(c2cnc(Sc3cccc(Cl)c3Cl)c(N)n2)C1. The molecule has 1 aromatic heterocycles. The van der Waals surface area contributed by atoms with E-state index >= 15 is 0 Å². The molecular weight excluding hydrogens is 363 g/mol. The molecule has 128 valence electrons. The van der Waals surface area contributed by atoms with Crippen molar-refractivity contribution in [2.75, 3.05) is 23.7 Å². The van der Waals surface area contributed by atoms with Crippen molar-refractivity contribution in [3.63, 3.8) is 0 Å². The molecule has 1 atom stereocenters. The van der Waals surface area contributed by atoms with Crippen molar-refractivity contribution < 1.29 is 0 Å². The average Bonchev–Trinajstić information content (AvgIpc) is 3.02. The monoisotopic (exact) mass is 382 g/mol. The van der Waals surface area contributed by atoms with Crippen molar-refractivity contribution in [2.45, 2.75) is 36.1 Å². The van der Waals surface area contributed by atoms with Gasteiger partial charge >= 0.3 is 0 Å². The van der Waals surface area contributed by atoms with Crippen LogP contribution in [0.5, 0.6) is 0 Å². The highest BCUT2D eigenvalue weighted by Gasteiger charge is 2.23. The van der Waals surface area contributed by atoms with E-state index in [0.29, 0.717) is 20.9 Å². The third-order valence-corrected chi connectivity index (χ3v) is 6.18. The molecule has 1 aliphatic rings. The molecule has 1 fully saturated rings. The smallest absolute Gasteiger partial charge is 0.158 e. The fourth-order valence-electron chi connectivity index (χ4n) is 2.97. The first-order chi connectivity index (χ1) is 11.6. The van der Waals surface area contributed by atoms with Crippen molar-refractivity contribution in [3.05, 3.63) is 34.4 Å². The maximum atomic E-state index is 6.23. The summed E-state index contributed by atoms with van der Waals surface area (Å²) in [6.07, 6.45) is 5.50. The van der Waals surface area contributed by atoms with Crippen molar-refractivity contribution in [3.8, 4) is 0 Å². The molecule has 2 aromatic rings. The Balaban J connectivity index is 1.74. The normalized spacial score (nSPS) is 17.5. The van der Waals surface area contributed by atoms with Gasteiger partial charge in [-0.1, -0.05) is 54.4 Å². The van der Waals surface area contributed by atoms with Crippen molar-refractivity contribution >= 4 is 46.6 Å². The number of rotatable bonds is 5. The molecule has 1 aliphatic heterocycles. The maximum Gasteiger partial charge on any atom is 0.158 e. The van der Waals surface area contributed by atoms with Crippen LogP contribution in [0, 0.1) is 5.92 Å². The predicted molar refractivity (Wildman–Crippen MR) is 102 cm³/mol. The van der Waals surface area contributed by atoms with Gasteiger partial charge in [0, 0.05) is 18.0 Å². The molecule has 2 N–H and O–H groups in total. The molecule has 0 radical (unpaired) electrons. The zero-order chi connectivity index (χ0) is 17.1. The van der Waals surface area contributed by atoms with E-state index < -0.39 is 0 Å². The van der Waals surface area contributed by atoms with Crippen molar-refractivity contribution in [2.24, 2.45) is 5.92 Å². The van der Waals surface area contributed by atoms with Gasteiger partial charge in [0.1, 0.15) is 10.8 Å². The molecule has 1 saturated heterocycles. The minimum atomic E-state index is 0.424. The standard InChI is InChI=1S/C17H20Cl2N4S/c1-2-4-11-7-8-23(10-11)14-9-21-17(16(20)22-14)24-13-6-3-5-12(18)15(13)19/h3,5-6,9,11H,2,4,7-8,10H2,1H3,(H2,20,22)/t11-/m0/s1. The van der Waals surface area contributed by atoms with Gasteiger partial charge in [-0.15, -0.1) is 0 Å². The van der Waals surface area contributed by atoms with E-state index in [4.69, 9.17) is 28.9 Å². The topological polar surface area (TPSA) is 55.0 Å². The molecule has 24 heavy (non-hydrogen) atoms. The van der Waals surface area contributed by atoms with Gasteiger partial charge in [0.25, 0.3) is 0 Å². The Morgan fingerprint density at radius 3 is 2.96 bits per heavy atom. The zero-order valence-electron chi connectivity index (χ0n) is 13.5. The highest BCUT2D eigenvalue weighted by Crippen LogP contribution is 2.38. The summed E-state index contributed by atoms with van der Waals surface area (Å²) in [4.78, 5) is 12.1. The number of hydrogen-bond acceptors (Lipinski definition) is 5. The number of nitrogen functional groups attached to an aromatic ring is 1. The van der Waals surface area contributed by atoms with Crippen LogP contribution in [0.3, 0.4) is 0 Å². The van der Waals surface area contributed by atoms with Crippen LogP contribution in [0.25, 0.3) is 0 Å². The number of anilines is 2. The Bertz CT molecular complexity index is 726. The van der Waals surface area contributed by atoms with E-state index in [1.165, 1.54) is 31.0 Å². The van der Waals surface area contributed by atoms with Gasteiger partial charge in [0.2, 0.25) is 0 Å². The number of benzene rings is 1. The second kappa shape index (κ2) is 7.81. The van der Waals surface area contributed by atoms with Gasteiger partial charge in [-0.05, 0) is 30.9 Å². The highest BCUT2D eigenvalue weighted by atomic mass is 35.5. The Kier molecular flexibility index (Phi) is 5.74. The molecule has 3 rings (SSSR count). The molecule has 2 heterocycles. The number of hydrogen-bond donors (Lipinski definition) is 1. The maximum absolute atomic E-state index is 6.23. The lowest BCUT2D eigenvalue weighted by atomic mass is 10.0. The predicted octanol–water partition coefficient (Wildman–Crippen LogP) is 5.14. The van der Waals surface area contributed by atoms with Crippen molar-refractivity contribution in [1.82, 2.24) is 9.97 Å². The van der Waals surface area contributed by atoms with Crippen LogP contribution in [0.15, 0.2) is 34.3 Å². The van der Waals surface area contributed by atoms with Gasteiger partial charge in [-0.3, -0.25) is 0 Å². The van der Waals surface area contributed by atoms with Crippen LogP contribution in [-0.2, 0) is 0 Å². The molecular formula is C17H20Cl2N4S. The second-order valence-electron chi connectivity index (χ2n) is 5.96. The van der Waals surface area contributed by atoms with Crippen molar-refractivity contribution in [1.29, 1.82) is 0 Å². The van der Waals surface area contributed by atoms with Gasteiger partial charge < -0.3 is 10.6 Å². The minimum Gasteiger partial charge on any atom is -0.381 e. The van der Waals surface area contributed by atoms with Gasteiger partial charge in [0.05, 0.1) is 16.2 Å². The Labute approximate surface area is 156 Å². The third-order valence-electron chi connectivity index (χ3n) is 4.18. The summed E-state index contributed by atoms with van der Waals surface area (Å²) >= 11 is 13.7. The molecule has 0 aliphatic carbocycles. The van der Waals surface area contributed by atoms with E-state index in [9.17, 15) is 0 Å². The number of aromatic nitrogens is 2. The first-order valence-corrected chi connectivity index (χ1v) is 9.65. The lowest BCUT2D eigenvalue weighted by molar-refractivity contribution is 0.529. The Hall–Kier alpha value is -1.17. The summed E-state index contributed by atoms with van der Waals surface area (Å²) in [6.45, 7) is 4.29. The fraction of sp³-hybridized carbons (Fsp3) is 0.412. The minimum absolute atomic E-state index is 0.424. The van der Waals surface area contributed by atoms with Crippen LogP contribution in [0.4, 0.5) is 11.6 Å². The van der Waals surface area contributed by atoms with Crippen LogP contribution in [0.1, 0.15) is 26.2 Å². The average molecular weight is 383 g/mol. The zero-order valence-corrected chi connectivity index (χ0v) is 15.8. The molecule has 0 amide bonds. The molecule has 0 saturated carbocycles. The molecule has 4 nitrogen and oxygen atoms in total. The first-order valence-electron chi connectivity index (χ1n) is 8.07. The summed E-state index contributed by atoms with van der Waals surface area (Å²) < 4.78 is 0. The number of halogens is 2. The first kappa shape index (κ1) is 17.6. The molecule has 1 aromatic carbocycles. The van der Waals surface area contributed by atoms with Crippen LogP contribution in [-0.4, -0.2) is 23.1 Å². The van der Waals surface area contributed by atoms with Crippen LogP contribution in [0.2, 0.25) is 10.0 Å². The summed E-state index contributed by atoms with van der Waals surface area (Å²) in [5.41, 5.74) is 6.12. The van der Waals surface area contributed by atoms with Crippen LogP contribution < -0.4 is 10.6 Å². The van der Waals surface area contributed by atoms with Gasteiger partial charge in [0.15, 0.2) is 5.82 Å². The van der Waals surface area contributed by atoms with Gasteiger partial charge in [-0.25, -0.2) is 9.97 Å². The summed E-state index contributed by atoms with van der Waals surface area (Å²) in [6, 6.07) is 5.50. The Morgan fingerprint density at radius 1 is 1.38 bits per heavy atom.